The van der Waals surface area contributed by atoms with Crippen molar-refractivity contribution in [2.45, 2.75) is 0 Å². The Balaban J connectivity index is 0.000000113. The summed E-state index contributed by atoms with van der Waals surface area (Å²) in [6, 6.07) is 166. The minimum atomic E-state index is 0.573. The molecule has 0 aliphatic rings. The number of hydrogen-bond donors (Lipinski definition) is 0. The number of rotatable bonds is 12. The molecule has 0 fully saturated rings. The van der Waals surface area contributed by atoms with Crippen molar-refractivity contribution in [1.29, 1.82) is 26.3 Å². The van der Waals surface area contributed by atoms with Crippen molar-refractivity contribution in [2.75, 3.05) is 0 Å². The van der Waals surface area contributed by atoms with Crippen molar-refractivity contribution < 1.29 is 0 Å². The first-order chi connectivity index (χ1) is 71.1. The van der Waals surface area contributed by atoms with Crippen LogP contribution in [0, 0.1) is 63.2 Å². The van der Waals surface area contributed by atoms with E-state index in [1.807, 2.05) is 194 Å². The topological polar surface area (TPSA) is 192 Å². The van der Waals surface area contributed by atoms with E-state index in [1.54, 1.807) is 6.07 Å². The summed E-state index contributed by atoms with van der Waals surface area (Å²) in [6.45, 7) is 7.73. The van der Waals surface area contributed by atoms with Crippen LogP contribution in [-0.2, 0) is 0 Å². The smallest absolute Gasteiger partial charge is 0.196 e. The van der Waals surface area contributed by atoms with Crippen LogP contribution in [0.2, 0.25) is 0 Å². The van der Waals surface area contributed by atoms with Gasteiger partial charge in [0.1, 0.15) is 0 Å². The summed E-state index contributed by atoms with van der Waals surface area (Å²) in [5.74, 6) is 0. The Morgan fingerprint density at radius 3 is 0.701 bits per heavy atom. The van der Waals surface area contributed by atoms with Crippen molar-refractivity contribution in [3.05, 3.63) is 494 Å². The van der Waals surface area contributed by atoms with E-state index in [2.05, 4.69) is 317 Å². The molecular weight excluding hydrogens is 1760 g/mol. The van der Waals surface area contributed by atoms with E-state index in [-0.39, 0.29) is 0 Å². The standard InChI is InChI=1S/3C43H25N5/c1-45-38-15-6-2-14-35(38)39-17-10-16-37(46-39)29-24-30(47-40-18-7-3-11-32(40)33-12-4-8-19-41(33)47)26-31(25-29)48-42-20-9-5-13-34(42)36-23-28(27-44)21-22-43(36)48;44-26-28-9-7-10-30(21-28)38-14-8-15-39(46-38)31-23-32(47-40-16-4-1-11-34(40)35-12-2-5-17-41(35)47)25-33(24-31)48-42-18-6-3-13-36(42)37-22-29(27-45)19-20-43(37)48;44-26-28-16-19-30(20-17-28)38-11-7-12-39(46-38)31-23-32(47-40-13-4-1-8-34(40)35-9-2-5-14-41(35)47)25-33(24-31)48-42-15-6-3-10-36(42)37-22-29(27-45)18-21-43(37)48/h2-26H;2*1-25H. The second kappa shape index (κ2) is 35.4. The largest absolute Gasteiger partial charge is 0.309 e. The predicted molar refractivity (Wildman–Crippen MR) is 581 cm³/mol. The first-order valence-corrected chi connectivity index (χ1v) is 47.2. The molecule has 15 heteroatoms. The molecule has 27 rings (SSSR count). The van der Waals surface area contributed by atoms with Gasteiger partial charge in [0.15, 0.2) is 5.69 Å². The summed E-state index contributed by atoms with van der Waals surface area (Å²) >= 11 is 0. The van der Waals surface area contributed by atoms with Gasteiger partial charge in [0.05, 0.1) is 165 Å². The Morgan fingerprint density at radius 2 is 0.403 bits per heavy atom. The van der Waals surface area contributed by atoms with Crippen LogP contribution >= 0.6 is 0 Å². The van der Waals surface area contributed by atoms with Crippen molar-refractivity contribution in [2.24, 2.45) is 0 Å². The van der Waals surface area contributed by atoms with Gasteiger partial charge in [0.25, 0.3) is 0 Å². The number of benzene rings is 18. The quantitative estimate of drug-likeness (QED) is 0.108. The van der Waals surface area contributed by atoms with Gasteiger partial charge in [-0.05, 0) is 224 Å². The fraction of sp³-hybridized carbons (Fsp3) is 0. The number of para-hydroxylation sites is 10. The maximum atomic E-state index is 9.73. The lowest BCUT2D eigenvalue weighted by Crippen LogP contribution is -2.00. The van der Waals surface area contributed by atoms with E-state index < -0.39 is 0 Å². The number of pyridine rings is 3. The molecule has 0 saturated heterocycles. The molecule has 0 amide bonds. The monoisotopic (exact) mass is 1830 g/mol. The molecule has 9 aromatic heterocycles. The fourth-order valence-electron chi connectivity index (χ4n) is 21.1. The molecule has 0 saturated carbocycles. The maximum Gasteiger partial charge on any atom is 0.196 e. The molecule has 666 valence electrons. The van der Waals surface area contributed by atoms with Gasteiger partial charge in [-0.2, -0.15) is 26.3 Å². The number of nitriles is 5. The summed E-state index contributed by atoms with van der Waals surface area (Å²) < 4.78 is 13.9. The fourth-order valence-corrected chi connectivity index (χ4v) is 21.1. The average Bonchev–Trinajstić information content (AvgIpc) is 1.59. The van der Waals surface area contributed by atoms with Crippen LogP contribution in [0.15, 0.2) is 455 Å². The van der Waals surface area contributed by atoms with E-state index in [9.17, 15) is 26.3 Å². The zero-order valence-electron chi connectivity index (χ0n) is 77.0. The van der Waals surface area contributed by atoms with Crippen molar-refractivity contribution in [3.63, 3.8) is 0 Å². The maximum absolute atomic E-state index is 9.73. The van der Waals surface area contributed by atoms with E-state index in [4.69, 9.17) is 21.5 Å². The highest BCUT2D eigenvalue weighted by molar-refractivity contribution is 6.15. The van der Waals surface area contributed by atoms with Crippen LogP contribution < -0.4 is 0 Å². The second-order valence-corrected chi connectivity index (χ2v) is 35.6. The van der Waals surface area contributed by atoms with Gasteiger partial charge >= 0.3 is 0 Å². The Morgan fingerprint density at radius 1 is 0.174 bits per heavy atom. The summed E-state index contributed by atoms with van der Waals surface area (Å²) in [5.41, 5.74) is 33.1. The first kappa shape index (κ1) is 84.9. The van der Waals surface area contributed by atoms with Gasteiger partial charge in [-0.3, -0.25) is 0 Å². The van der Waals surface area contributed by atoms with Gasteiger partial charge in [-0.1, -0.05) is 231 Å². The van der Waals surface area contributed by atoms with E-state index in [0.29, 0.717) is 33.5 Å². The Labute approximate surface area is 825 Å². The Kier molecular flexibility index (Phi) is 20.8. The van der Waals surface area contributed by atoms with Crippen LogP contribution in [0.1, 0.15) is 27.8 Å². The number of fused-ring (bicyclic) bond motifs is 18. The first-order valence-electron chi connectivity index (χ1n) is 47.2. The third-order valence-corrected chi connectivity index (χ3v) is 27.4. The van der Waals surface area contributed by atoms with Gasteiger partial charge in [0, 0.05) is 132 Å². The molecule has 0 unspecified atom stereocenters. The molecule has 0 aliphatic carbocycles. The number of aromatic nitrogens is 9. The van der Waals surface area contributed by atoms with Crippen LogP contribution in [0.25, 0.3) is 237 Å². The summed E-state index contributed by atoms with van der Waals surface area (Å²) in [5, 5.41) is 61.5. The lowest BCUT2D eigenvalue weighted by molar-refractivity contribution is 1.13. The van der Waals surface area contributed by atoms with Crippen LogP contribution in [0.3, 0.4) is 0 Å². The summed E-state index contributed by atoms with van der Waals surface area (Å²) in [6.07, 6.45) is 0. The van der Waals surface area contributed by atoms with E-state index >= 15 is 0 Å². The Hall–Kier alpha value is -20.8. The highest BCUT2D eigenvalue weighted by atomic mass is 15.0. The molecule has 144 heavy (non-hydrogen) atoms. The normalized spacial score (nSPS) is 11.3. The third-order valence-electron chi connectivity index (χ3n) is 27.4. The van der Waals surface area contributed by atoms with Gasteiger partial charge in [0.2, 0.25) is 0 Å². The second-order valence-electron chi connectivity index (χ2n) is 35.6. The minimum absolute atomic E-state index is 0.573. The SMILES string of the molecule is N#Cc1ccc(-c2cccc(-c3cc(-n4c5ccccc5c5ccccc54)cc(-n4c5ccccc5c5cc(C#N)ccc54)c3)n2)cc1.N#Cc1cccc(-c2cccc(-c3cc(-n4c5ccccc5c5ccccc54)cc(-n4c5ccccc5c5cc(C#N)ccc54)c3)n2)c1.[C-]#[N+]c1ccccc1-c1cccc(-c2cc(-n3c4ccccc4c4ccccc43)cc(-n3c4ccccc4c4cc(C#N)ccc43)c2)n1. The highest BCUT2D eigenvalue weighted by Gasteiger charge is 2.25. The zero-order chi connectivity index (χ0) is 96.6. The van der Waals surface area contributed by atoms with E-state index in [0.717, 1.165) is 200 Å². The third kappa shape index (κ3) is 14.6. The molecule has 15 nitrogen and oxygen atoms in total. The predicted octanol–water partition coefficient (Wildman–Crippen LogP) is 31.7. The van der Waals surface area contributed by atoms with Crippen LogP contribution in [-0.4, -0.2) is 42.4 Å². The lowest BCUT2D eigenvalue weighted by atomic mass is 10.0. The van der Waals surface area contributed by atoms with E-state index in [1.165, 1.54) is 32.3 Å². The summed E-state index contributed by atoms with van der Waals surface area (Å²) in [7, 11) is 0. The van der Waals surface area contributed by atoms with Crippen LogP contribution in [0.5, 0.6) is 0 Å². The van der Waals surface area contributed by atoms with Crippen molar-refractivity contribution >= 4 is 137 Å². The minimum Gasteiger partial charge on any atom is -0.309 e. The molecule has 0 radical (unpaired) electrons. The van der Waals surface area contributed by atoms with Gasteiger partial charge in [-0.25, -0.2) is 19.8 Å². The summed E-state index contributed by atoms with van der Waals surface area (Å²) in [4.78, 5) is 19.2. The molecule has 9 heterocycles. The van der Waals surface area contributed by atoms with Crippen molar-refractivity contribution in [3.8, 4) is 132 Å². The average molecular weight is 1840 g/mol. The molecule has 0 atom stereocenters. The molecular formula is C129H75N15. The molecule has 18 aromatic carbocycles. The lowest BCUT2D eigenvalue weighted by Gasteiger charge is -2.16. The van der Waals surface area contributed by atoms with Gasteiger partial charge in [-0.15, -0.1) is 0 Å². The Bertz CT molecular complexity index is 10100. The van der Waals surface area contributed by atoms with Crippen LogP contribution in [0.4, 0.5) is 5.69 Å². The highest BCUT2D eigenvalue weighted by Crippen LogP contribution is 2.45. The molecule has 0 aliphatic heterocycles. The van der Waals surface area contributed by atoms with Crippen molar-refractivity contribution in [1.82, 2.24) is 42.4 Å². The molecule has 0 spiro atoms. The number of nitrogens with zero attached hydrogens (tertiary/aromatic N) is 15. The molecule has 27 aromatic rings. The zero-order valence-corrected chi connectivity index (χ0v) is 77.0. The number of hydrogen-bond acceptors (Lipinski definition) is 8. The molecule has 0 N–H and O–H groups in total. The van der Waals surface area contributed by atoms with Gasteiger partial charge < -0.3 is 27.4 Å². The molecule has 0 bridgehead atoms.